The summed E-state index contributed by atoms with van der Waals surface area (Å²) >= 11 is 0. The van der Waals surface area contributed by atoms with Gasteiger partial charge in [0.2, 0.25) is 0 Å². The Morgan fingerprint density at radius 1 is 1.04 bits per heavy atom. The number of hydrogen-bond acceptors (Lipinski definition) is 2. The Bertz CT molecular complexity index is 623. The summed E-state index contributed by atoms with van der Waals surface area (Å²) in [6, 6.07) is 19.8. The Hall–Kier alpha value is -2.13. The van der Waals surface area contributed by atoms with Gasteiger partial charge in [0, 0.05) is 24.1 Å². The zero-order valence-corrected chi connectivity index (χ0v) is 14.2. The number of carbonyl (C=O) groups is 1. The average Bonchev–Trinajstić information content (AvgIpc) is 2.60. The van der Waals surface area contributed by atoms with E-state index in [1.807, 2.05) is 60.5 Å². The Kier molecular flexibility index (Phi) is 5.56. The smallest absolute Gasteiger partial charge is 0.253 e. The van der Waals surface area contributed by atoms with E-state index in [9.17, 15) is 4.79 Å². The van der Waals surface area contributed by atoms with Gasteiger partial charge in [-0.15, -0.1) is 0 Å². The molecule has 2 N–H and O–H groups in total. The molecule has 2 rings (SSSR count). The first-order valence-electron chi connectivity index (χ1n) is 8.06. The molecule has 0 aromatic heterocycles. The summed E-state index contributed by atoms with van der Waals surface area (Å²) in [6.45, 7) is 4.90. The van der Waals surface area contributed by atoms with Crippen molar-refractivity contribution in [2.75, 3.05) is 13.6 Å². The van der Waals surface area contributed by atoms with Crippen LogP contribution < -0.4 is 5.73 Å². The number of likely N-dealkylation sites (N-methyl/N-ethyl adjacent to an activating group) is 1. The summed E-state index contributed by atoms with van der Waals surface area (Å²) in [5, 5.41) is 0. The summed E-state index contributed by atoms with van der Waals surface area (Å²) in [7, 11) is 1.88. The van der Waals surface area contributed by atoms with Crippen molar-refractivity contribution in [3.05, 3.63) is 71.8 Å². The van der Waals surface area contributed by atoms with Gasteiger partial charge in [-0.1, -0.05) is 62.4 Å². The van der Waals surface area contributed by atoms with Gasteiger partial charge in [-0.3, -0.25) is 4.79 Å². The fourth-order valence-electron chi connectivity index (χ4n) is 3.18. The predicted octanol–water partition coefficient (Wildman–Crippen LogP) is 3.45. The van der Waals surface area contributed by atoms with Gasteiger partial charge in [-0.25, -0.2) is 0 Å². The van der Waals surface area contributed by atoms with Gasteiger partial charge in [0.15, 0.2) is 0 Å². The van der Waals surface area contributed by atoms with Crippen molar-refractivity contribution in [3.8, 4) is 0 Å². The van der Waals surface area contributed by atoms with E-state index < -0.39 is 0 Å². The lowest BCUT2D eigenvalue weighted by atomic mass is 9.75. The Morgan fingerprint density at radius 3 is 2.09 bits per heavy atom. The van der Waals surface area contributed by atoms with Crippen molar-refractivity contribution in [1.29, 1.82) is 0 Å². The molecule has 0 aliphatic heterocycles. The predicted molar refractivity (Wildman–Crippen MR) is 95.5 cm³/mol. The molecule has 0 bridgehead atoms. The molecule has 1 amide bonds. The van der Waals surface area contributed by atoms with E-state index >= 15 is 0 Å². The van der Waals surface area contributed by atoms with Gasteiger partial charge in [-0.05, 0) is 30.7 Å². The second kappa shape index (κ2) is 7.42. The van der Waals surface area contributed by atoms with Crippen LogP contribution in [0.4, 0.5) is 0 Å². The largest absolute Gasteiger partial charge is 0.338 e. The molecular formula is C20H26N2O. The van der Waals surface area contributed by atoms with Gasteiger partial charge in [0.25, 0.3) is 5.91 Å². The second-order valence-electron chi connectivity index (χ2n) is 6.46. The van der Waals surface area contributed by atoms with Crippen LogP contribution in [0.2, 0.25) is 0 Å². The van der Waals surface area contributed by atoms with Crippen LogP contribution in [0.3, 0.4) is 0 Å². The maximum absolute atomic E-state index is 12.8. The van der Waals surface area contributed by atoms with Gasteiger partial charge in [-0.2, -0.15) is 0 Å². The number of carbonyl (C=O) groups excluding carboxylic acids is 1. The average molecular weight is 310 g/mol. The fourth-order valence-corrected chi connectivity index (χ4v) is 3.18. The van der Waals surface area contributed by atoms with Crippen LogP contribution >= 0.6 is 0 Å². The molecule has 122 valence electrons. The number of hydrogen-bond donors (Lipinski definition) is 1. The summed E-state index contributed by atoms with van der Waals surface area (Å²) < 4.78 is 0. The summed E-state index contributed by atoms with van der Waals surface area (Å²) in [5.74, 6) is 0.0352. The van der Waals surface area contributed by atoms with Crippen LogP contribution in [-0.2, 0) is 5.41 Å². The van der Waals surface area contributed by atoms with Gasteiger partial charge >= 0.3 is 0 Å². The highest BCUT2D eigenvalue weighted by Crippen LogP contribution is 2.32. The lowest BCUT2D eigenvalue weighted by molar-refractivity contribution is 0.0650. The van der Waals surface area contributed by atoms with E-state index in [0.717, 1.165) is 6.42 Å². The molecule has 0 saturated heterocycles. The fraction of sp³-hybridized carbons (Fsp3) is 0.350. The third kappa shape index (κ3) is 3.80. The first-order chi connectivity index (χ1) is 11.0. The van der Waals surface area contributed by atoms with Gasteiger partial charge < -0.3 is 10.6 Å². The second-order valence-corrected chi connectivity index (χ2v) is 6.46. The van der Waals surface area contributed by atoms with Crippen molar-refractivity contribution < 1.29 is 4.79 Å². The van der Waals surface area contributed by atoms with Crippen molar-refractivity contribution in [3.63, 3.8) is 0 Å². The van der Waals surface area contributed by atoms with E-state index in [4.69, 9.17) is 5.73 Å². The van der Waals surface area contributed by atoms with Crippen LogP contribution in [0, 0.1) is 0 Å². The van der Waals surface area contributed by atoms with E-state index in [1.54, 1.807) is 0 Å². The highest BCUT2D eigenvalue weighted by Gasteiger charge is 2.35. The highest BCUT2D eigenvalue weighted by atomic mass is 16.2. The highest BCUT2D eigenvalue weighted by molar-refractivity contribution is 5.94. The molecule has 3 nitrogen and oxygen atoms in total. The van der Waals surface area contributed by atoms with Crippen molar-refractivity contribution in [2.24, 2.45) is 5.73 Å². The van der Waals surface area contributed by atoms with Crippen LogP contribution in [-0.4, -0.2) is 30.4 Å². The summed E-state index contributed by atoms with van der Waals surface area (Å²) in [4.78, 5) is 14.7. The minimum atomic E-state index is -0.181. The molecule has 0 heterocycles. The minimum Gasteiger partial charge on any atom is -0.338 e. The minimum absolute atomic E-state index is 0.0302. The van der Waals surface area contributed by atoms with Crippen molar-refractivity contribution in [2.45, 2.75) is 31.7 Å². The first kappa shape index (κ1) is 17.2. The maximum atomic E-state index is 12.8. The zero-order chi connectivity index (χ0) is 16.9. The summed E-state index contributed by atoms with van der Waals surface area (Å²) in [6.07, 6.45) is 0.761. The van der Waals surface area contributed by atoms with Crippen LogP contribution in [0.5, 0.6) is 0 Å². The van der Waals surface area contributed by atoms with E-state index in [1.165, 1.54) is 5.56 Å². The lowest BCUT2D eigenvalue weighted by Crippen LogP contribution is -2.49. The maximum Gasteiger partial charge on any atom is 0.253 e. The lowest BCUT2D eigenvalue weighted by Gasteiger charge is -2.41. The molecule has 0 radical (unpaired) electrons. The Balaban J connectivity index is 2.32. The Morgan fingerprint density at radius 2 is 1.57 bits per heavy atom. The molecule has 2 aromatic carbocycles. The van der Waals surface area contributed by atoms with Crippen LogP contribution in [0.25, 0.3) is 0 Å². The van der Waals surface area contributed by atoms with Crippen molar-refractivity contribution >= 4 is 5.91 Å². The van der Waals surface area contributed by atoms with Crippen molar-refractivity contribution in [1.82, 2.24) is 4.90 Å². The zero-order valence-electron chi connectivity index (χ0n) is 14.2. The van der Waals surface area contributed by atoms with E-state index in [0.29, 0.717) is 12.1 Å². The molecular weight excluding hydrogens is 284 g/mol. The molecule has 3 heteroatoms. The SMILES string of the molecule is CN(C(=O)c1ccccc1)[C@H](CCN)C(C)(C)c1ccccc1. The molecule has 2 aromatic rings. The number of amides is 1. The molecule has 0 aliphatic carbocycles. The number of benzene rings is 2. The van der Waals surface area contributed by atoms with Gasteiger partial charge in [0.05, 0.1) is 0 Å². The van der Waals surface area contributed by atoms with E-state index in [2.05, 4.69) is 26.0 Å². The first-order valence-corrected chi connectivity index (χ1v) is 8.06. The molecule has 0 saturated carbocycles. The number of nitrogens with zero attached hydrogens (tertiary/aromatic N) is 1. The monoisotopic (exact) mass is 310 g/mol. The third-order valence-corrected chi connectivity index (χ3v) is 4.60. The molecule has 0 unspecified atom stereocenters. The van der Waals surface area contributed by atoms with Gasteiger partial charge in [0.1, 0.15) is 0 Å². The van der Waals surface area contributed by atoms with Crippen LogP contribution in [0.15, 0.2) is 60.7 Å². The third-order valence-electron chi connectivity index (χ3n) is 4.60. The van der Waals surface area contributed by atoms with E-state index in [-0.39, 0.29) is 17.4 Å². The normalized spacial score (nSPS) is 12.7. The van der Waals surface area contributed by atoms with Crippen LogP contribution in [0.1, 0.15) is 36.2 Å². The summed E-state index contributed by atoms with van der Waals surface area (Å²) in [5.41, 5.74) is 7.59. The molecule has 0 spiro atoms. The molecule has 1 atom stereocenters. The standard InChI is InChI=1S/C20H26N2O/c1-20(2,17-12-8-5-9-13-17)18(14-15-21)22(3)19(23)16-10-6-4-7-11-16/h4-13,18H,14-15,21H2,1-3H3/t18-/m1/s1. The Labute approximate surface area is 139 Å². The molecule has 0 aliphatic rings. The molecule has 23 heavy (non-hydrogen) atoms. The number of rotatable bonds is 6. The topological polar surface area (TPSA) is 46.3 Å². The quantitative estimate of drug-likeness (QED) is 0.888. The molecule has 0 fully saturated rings. The number of nitrogens with two attached hydrogens (primary N) is 1.